The summed E-state index contributed by atoms with van der Waals surface area (Å²) < 4.78 is 1.08. The number of carboxylic acid groups (broad SMARTS) is 1. The number of aryl methyl sites for hydroxylation is 1. The van der Waals surface area contributed by atoms with Crippen LogP contribution in [-0.4, -0.2) is 17.6 Å². The average Bonchev–Trinajstić information content (AvgIpc) is 2.18. The standard InChI is InChI=1S/C11H14BrNO2/c1-8-7-9(4-5-10(8)12)13-6-2-3-11(14)15/h4-5,7,13H,2-3,6H2,1H3,(H,14,15). The number of benzene rings is 1. The highest BCUT2D eigenvalue weighted by atomic mass is 79.9. The molecule has 0 aliphatic carbocycles. The number of hydrogen-bond donors (Lipinski definition) is 2. The summed E-state index contributed by atoms with van der Waals surface area (Å²) in [6.45, 7) is 2.71. The molecule has 0 amide bonds. The molecule has 1 rings (SSSR count). The van der Waals surface area contributed by atoms with E-state index in [9.17, 15) is 4.79 Å². The highest BCUT2D eigenvalue weighted by Crippen LogP contribution is 2.19. The van der Waals surface area contributed by atoms with Crippen LogP contribution in [0.4, 0.5) is 5.69 Å². The Labute approximate surface area is 97.6 Å². The highest BCUT2D eigenvalue weighted by molar-refractivity contribution is 9.10. The van der Waals surface area contributed by atoms with Gasteiger partial charge in [-0.25, -0.2) is 0 Å². The van der Waals surface area contributed by atoms with Gasteiger partial charge in [-0.3, -0.25) is 4.79 Å². The highest BCUT2D eigenvalue weighted by Gasteiger charge is 1.98. The maximum atomic E-state index is 10.3. The Balaban J connectivity index is 2.38. The first kappa shape index (κ1) is 12.0. The third-order valence-corrected chi connectivity index (χ3v) is 2.94. The van der Waals surface area contributed by atoms with E-state index in [-0.39, 0.29) is 6.42 Å². The second-order valence-corrected chi connectivity index (χ2v) is 4.24. The van der Waals surface area contributed by atoms with Gasteiger partial charge in [0.25, 0.3) is 0 Å². The van der Waals surface area contributed by atoms with Gasteiger partial charge in [0.05, 0.1) is 0 Å². The summed E-state index contributed by atoms with van der Waals surface area (Å²) in [5.74, 6) is -0.746. The van der Waals surface area contributed by atoms with Crippen molar-refractivity contribution in [1.29, 1.82) is 0 Å². The SMILES string of the molecule is Cc1cc(NCCCC(=O)O)ccc1Br. The van der Waals surface area contributed by atoms with Crippen LogP contribution in [0, 0.1) is 6.92 Å². The zero-order chi connectivity index (χ0) is 11.3. The molecule has 82 valence electrons. The van der Waals surface area contributed by atoms with Crippen molar-refractivity contribution in [2.75, 3.05) is 11.9 Å². The second kappa shape index (κ2) is 5.75. The van der Waals surface area contributed by atoms with E-state index in [1.807, 2.05) is 25.1 Å². The molecular formula is C11H14BrNO2. The summed E-state index contributed by atoms with van der Waals surface area (Å²) in [4.78, 5) is 10.3. The molecule has 1 aromatic carbocycles. The predicted octanol–water partition coefficient (Wildman–Crippen LogP) is 3.03. The van der Waals surface area contributed by atoms with E-state index in [1.54, 1.807) is 0 Å². The van der Waals surface area contributed by atoms with Gasteiger partial charge in [-0.1, -0.05) is 15.9 Å². The van der Waals surface area contributed by atoms with Crippen LogP contribution in [0.1, 0.15) is 18.4 Å². The third kappa shape index (κ3) is 4.34. The van der Waals surface area contributed by atoms with Crippen LogP contribution in [0.15, 0.2) is 22.7 Å². The molecule has 0 atom stereocenters. The molecule has 0 bridgehead atoms. The number of nitrogens with one attached hydrogen (secondary N) is 1. The lowest BCUT2D eigenvalue weighted by Gasteiger charge is -2.07. The van der Waals surface area contributed by atoms with Gasteiger partial charge in [0.2, 0.25) is 0 Å². The van der Waals surface area contributed by atoms with Gasteiger partial charge >= 0.3 is 5.97 Å². The fourth-order valence-electron chi connectivity index (χ4n) is 1.23. The zero-order valence-corrected chi connectivity index (χ0v) is 10.2. The van der Waals surface area contributed by atoms with Crippen LogP contribution < -0.4 is 5.32 Å². The van der Waals surface area contributed by atoms with Crippen LogP contribution in [0.2, 0.25) is 0 Å². The Bertz CT molecular complexity index is 352. The molecule has 0 aromatic heterocycles. The van der Waals surface area contributed by atoms with Crippen LogP contribution >= 0.6 is 15.9 Å². The number of anilines is 1. The first-order chi connectivity index (χ1) is 7.09. The maximum absolute atomic E-state index is 10.3. The Hall–Kier alpha value is -1.03. The van der Waals surface area contributed by atoms with Crippen molar-refractivity contribution in [1.82, 2.24) is 0 Å². The number of carbonyl (C=O) groups is 1. The minimum absolute atomic E-state index is 0.211. The number of hydrogen-bond acceptors (Lipinski definition) is 2. The summed E-state index contributed by atoms with van der Waals surface area (Å²) in [6.07, 6.45) is 0.854. The summed E-state index contributed by atoms with van der Waals surface area (Å²) in [7, 11) is 0. The zero-order valence-electron chi connectivity index (χ0n) is 8.59. The second-order valence-electron chi connectivity index (χ2n) is 3.39. The lowest BCUT2D eigenvalue weighted by molar-refractivity contribution is -0.137. The van der Waals surface area contributed by atoms with Crippen molar-refractivity contribution in [3.05, 3.63) is 28.2 Å². The summed E-state index contributed by atoms with van der Waals surface area (Å²) >= 11 is 3.42. The van der Waals surface area contributed by atoms with Gasteiger partial charge in [0.1, 0.15) is 0 Å². The van der Waals surface area contributed by atoms with Crippen LogP contribution in [0.5, 0.6) is 0 Å². The quantitative estimate of drug-likeness (QED) is 0.810. The molecule has 0 spiro atoms. The van der Waals surface area contributed by atoms with E-state index in [0.29, 0.717) is 13.0 Å². The summed E-state index contributed by atoms with van der Waals surface area (Å²) in [5, 5.41) is 11.6. The molecule has 0 unspecified atom stereocenters. The summed E-state index contributed by atoms with van der Waals surface area (Å²) in [5.41, 5.74) is 2.19. The minimum atomic E-state index is -0.746. The molecule has 15 heavy (non-hydrogen) atoms. The van der Waals surface area contributed by atoms with Crippen molar-refractivity contribution in [3.8, 4) is 0 Å². The molecular weight excluding hydrogens is 258 g/mol. The lowest BCUT2D eigenvalue weighted by Crippen LogP contribution is -2.04. The lowest BCUT2D eigenvalue weighted by atomic mass is 10.2. The topological polar surface area (TPSA) is 49.3 Å². The Kier molecular flexibility index (Phi) is 4.62. The predicted molar refractivity (Wildman–Crippen MR) is 64.2 cm³/mol. The van der Waals surface area contributed by atoms with Gasteiger partial charge in [-0.05, 0) is 37.1 Å². The van der Waals surface area contributed by atoms with E-state index in [4.69, 9.17) is 5.11 Å². The molecule has 0 heterocycles. The monoisotopic (exact) mass is 271 g/mol. The van der Waals surface area contributed by atoms with E-state index < -0.39 is 5.97 Å². The van der Waals surface area contributed by atoms with Gasteiger partial charge in [-0.15, -0.1) is 0 Å². The minimum Gasteiger partial charge on any atom is -0.481 e. The first-order valence-corrected chi connectivity index (χ1v) is 5.60. The van der Waals surface area contributed by atoms with Crippen molar-refractivity contribution in [2.24, 2.45) is 0 Å². The number of rotatable bonds is 5. The van der Waals surface area contributed by atoms with E-state index in [1.165, 1.54) is 5.56 Å². The van der Waals surface area contributed by atoms with E-state index in [0.717, 1.165) is 10.2 Å². The molecule has 0 saturated carbocycles. The van der Waals surface area contributed by atoms with Gasteiger partial charge < -0.3 is 10.4 Å². The Morgan fingerprint density at radius 3 is 2.87 bits per heavy atom. The van der Waals surface area contributed by atoms with Gasteiger partial charge in [0, 0.05) is 23.1 Å². The maximum Gasteiger partial charge on any atom is 0.303 e. The smallest absolute Gasteiger partial charge is 0.303 e. The van der Waals surface area contributed by atoms with Crippen LogP contribution in [0.3, 0.4) is 0 Å². The molecule has 3 nitrogen and oxygen atoms in total. The first-order valence-electron chi connectivity index (χ1n) is 4.81. The van der Waals surface area contributed by atoms with Gasteiger partial charge in [0.15, 0.2) is 0 Å². The Morgan fingerprint density at radius 2 is 2.27 bits per heavy atom. The molecule has 1 aromatic rings. The normalized spacial score (nSPS) is 10.0. The average molecular weight is 272 g/mol. The number of aliphatic carboxylic acids is 1. The molecule has 0 radical (unpaired) electrons. The fraction of sp³-hybridized carbons (Fsp3) is 0.364. The molecule has 0 fully saturated rings. The van der Waals surface area contributed by atoms with Crippen molar-refractivity contribution >= 4 is 27.6 Å². The van der Waals surface area contributed by atoms with E-state index in [2.05, 4.69) is 21.2 Å². The fourth-order valence-corrected chi connectivity index (χ4v) is 1.47. The van der Waals surface area contributed by atoms with Crippen LogP contribution in [0.25, 0.3) is 0 Å². The van der Waals surface area contributed by atoms with Gasteiger partial charge in [-0.2, -0.15) is 0 Å². The molecule has 0 saturated heterocycles. The molecule has 2 N–H and O–H groups in total. The summed E-state index contributed by atoms with van der Waals surface area (Å²) in [6, 6.07) is 5.98. The van der Waals surface area contributed by atoms with Crippen molar-refractivity contribution in [3.63, 3.8) is 0 Å². The third-order valence-electron chi connectivity index (χ3n) is 2.05. The molecule has 4 heteroatoms. The number of halogens is 1. The molecule has 0 aliphatic rings. The Morgan fingerprint density at radius 1 is 1.53 bits per heavy atom. The van der Waals surface area contributed by atoms with Crippen molar-refractivity contribution < 1.29 is 9.90 Å². The molecule has 0 aliphatic heterocycles. The number of carboxylic acids is 1. The van der Waals surface area contributed by atoms with Crippen LogP contribution in [-0.2, 0) is 4.79 Å². The van der Waals surface area contributed by atoms with Crippen molar-refractivity contribution in [2.45, 2.75) is 19.8 Å². The largest absolute Gasteiger partial charge is 0.481 e. The van der Waals surface area contributed by atoms with E-state index >= 15 is 0 Å².